The van der Waals surface area contributed by atoms with Crippen LogP contribution in [-0.4, -0.2) is 11.9 Å². The molecule has 1 heterocycles. The zero-order valence-corrected chi connectivity index (χ0v) is 10.7. The maximum atomic E-state index is 2.46. The van der Waals surface area contributed by atoms with Crippen molar-refractivity contribution in [2.24, 2.45) is 0 Å². The first-order valence-corrected chi connectivity index (χ1v) is 5.63. The van der Waals surface area contributed by atoms with Crippen molar-refractivity contribution >= 4 is 0 Å². The number of hydrogen-bond donors (Lipinski definition) is 0. The van der Waals surface area contributed by atoms with Gasteiger partial charge in [-0.15, -0.1) is 0 Å². The molecule has 82 valence electrons. The van der Waals surface area contributed by atoms with Crippen LogP contribution in [0.1, 0.15) is 44.4 Å². The van der Waals surface area contributed by atoms with Gasteiger partial charge in [-0.1, -0.05) is 23.8 Å². The van der Waals surface area contributed by atoms with Gasteiger partial charge in [-0.3, -0.25) is 4.90 Å². The molecule has 2 rings (SSSR count). The average Bonchev–Trinajstić information content (AvgIpc) is 2.26. The summed E-state index contributed by atoms with van der Waals surface area (Å²) in [6.45, 7) is 11.4. The summed E-state index contributed by atoms with van der Waals surface area (Å²) in [5.41, 5.74) is 4.60. The molecule has 1 aromatic carbocycles. The fraction of sp³-hybridized carbons (Fsp3) is 0.571. The van der Waals surface area contributed by atoms with Gasteiger partial charge in [0.25, 0.3) is 0 Å². The lowest BCUT2D eigenvalue weighted by Crippen LogP contribution is -2.42. The first-order valence-electron chi connectivity index (χ1n) is 5.63. The Morgan fingerprint density at radius 1 is 0.933 bits per heavy atom. The fourth-order valence-corrected chi connectivity index (χ4v) is 2.76. The van der Waals surface area contributed by atoms with E-state index in [1.807, 2.05) is 0 Å². The van der Waals surface area contributed by atoms with E-state index in [1.54, 1.807) is 0 Å². The quantitative estimate of drug-likeness (QED) is 0.624. The molecule has 1 aliphatic rings. The molecular weight excluding hydrogens is 182 g/mol. The minimum atomic E-state index is 0.144. The van der Waals surface area contributed by atoms with Crippen LogP contribution < -0.4 is 0 Å². The Bertz CT molecular complexity index is 402. The smallest absolute Gasteiger partial charge is 0.0413 e. The van der Waals surface area contributed by atoms with Crippen molar-refractivity contribution in [1.82, 2.24) is 4.90 Å². The molecule has 0 atom stereocenters. The summed E-state index contributed by atoms with van der Waals surface area (Å²) >= 11 is 0. The summed E-state index contributed by atoms with van der Waals surface area (Å²) in [4.78, 5) is 2.46. The highest BCUT2D eigenvalue weighted by molar-refractivity contribution is 5.44. The highest BCUT2D eigenvalue weighted by Crippen LogP contribution is 2.48. The molecule has 1 aromatic rings. The van der Waals surface area contributed by atoms with Crippen molar-refractivity contribution in [3.05, 3.63) is 34.9 Å². The summed E-state index contributed by atoms with van der Waals surface area (Å²) in [5.74, 6) is 0. The summed E-state index contributed by atoms with van der Waals surface area (Å²) in [6, 6.07) is 6.84. The second-order valence-corrected chi connectivity index (χ2v) is 5.73. The Labute approximate surface area is 93.1 Å². The molecule has 0 N–H and O–H groups in total. The van der Waals surface area contributed by atoms with Gasteiger partial charge < -0.3 is 0 Å². The number of benzene rings is 1. The van der Waals surface area contributed by atoms with Crippen LogP contribution in [0, 0.1) is 6.92 Å². The van der Waals surface area contributed by atoms with Gasteiger partial charge in [-0.25, -0.2) is 0 Å². The van der Waals surface area contributed by atoms with Crippen LogP contribution >= 0.6 is 0 Å². The zero-order chi connectivity index (χ0) is 11.4. The molecule has 1 nitrogen and oxygen atoms in total. The van der Waals surface area contributed by atoms with E-state index in [0.717, 1.165) is 0 Å². The van der Waals surface area contributed by atoms with Crippen LogP contribution in [0.2, 0.25) is 0 Å². The topological polar surface area (TPSA) is 3.24 Å². The zero-order valence-electron chi connectivity index (χ0n) is 10.7. The monoisotopic (exact) mass is 203 g/mol. The lowest BCUT2D eigenvalue weighted by Gasteiger charge is -2.37. The molecule has 1 aliphatic heterocycles. The number of hydrogen-bond acceptors (Lipinski definition) is 1. The Kier molecular flexibility index (Phi) is 2.03. The SMILES string of the molecule is Cc1ccc2c(c1)C(C)(C)N(C)C2(C)C. The lowest BCUT2D eigenvalue weighted by molar-refractivity contribution is 0.0730. The average molecular weight is 203 g/mol. The molecule has 0 saturated carbocycles. The maximum absolute atomic E-state index is 2.46. The Morgan fingerprint density at radius 2 is 1.47 bits per heavy atom. The molecule has 0 bridgehead atoms. The minimum absolute atomic E-state index is 0.144. The van der Waals surface area contributed by atoms with Gasteiger partial charge >= 0.3 is 0 Å². The first kappa shape index (κ1) is 10.7. The third-order valence-corrected chi connectivity index (χ3v) is 4.17. The number of rotatable bonds is 0. The van der Waals surface area contributed by atoms with Crippen LogP contribution in [-0.2, 0) is 11.1 Å². The largest absolute Gasteiger partial charge is 0.288 e. The van der Waals surface area contributed by atoms with Crippen LogP contribution in [0.15, 0.2) is 18.2 Å². The molecule has 0 aliphatic carbocycles. The molecule has 1 heteroatoms. The summed E-state index contributed by atoms with van der Waals surface area (Å²) in [5, 5.41) is 0. The summed E-state index contributed by atoms with van der Waals surface area (Å²) in [7, 11) is 2.22. The van der Waals surface area contributed by atoms with Gasteiger partial charge in [0.15, 0.2) is 0 Å². The minimum Gasteiger partial charge on any atom is -0.288 e. The predicted octanol–water partition coefficient (Wildman–Crippen LogP) is 3.41. The van der Waals surface area contributed by atoms with Crippen molar-refractivity contribution in [2.45, 2.75) is 45.7 Å². The first-order chi connectivity index (χ1) is 6.78. The number of aryl methyl sites for hydroxylation is 1. The van der Waals surface area contributed by atoms with Crippen LogP contribution in [0.3, 0.4) is 0 Å². The maximum Gasteiger partial charge on any atom is 0.0413 e. The third kappa shape index (κ3) is 1.26. The van der Waals surface area contributed by atoms with E-state index < -0.39 is 0 Å². The van der Waals surface area contributed by atoms with Crippen LogP contribution in [0.4, 0.5) is 0 Å². The molecule has 0 spiro atoms. The highest BCUT2D eigenvalue weighted by atomic mass is 15.2. The van der Waals surface area contributed by atoms with E-state index in [-0.39, 0.29) is 11.1 Å². The molecule has 0 aromatic heterocycles. The lowest BCUT2D eigenvalue weighted by atomic mass is 9.89. The molecule has 0 saturated heterocycles. The molecule has 15 heavy (non-hydrogen) atoms. The Hall–Kier alpha value is -0.820. The Morgan fingerprint density at radius 3 is 2.07 bits per heavy atom. The van der Waals surface area contributed by atoms with Gasteiger partial charge in [0.05, 0.1) is 0 Å². The van der Waals surface area contributed by atoms with Crippen molar-refractivity contribution < 1.29 is 0 Å². The second-order valence-electron chi connectivity index (χ2n) is 5.73. The predicted molar refractivity (Wildman–Crippen MR) is 65.0 cm³/mol. The van der Waals surface area contributed by atoms with Crippen LogP contribution in [0.5, 0.6) is 0 Å². The summed E-state index contributed by atoms with van der Waals surface area (Å²) < 4.78 is 0. The van der Waals surface area contributed by atoms with Crippen LogP contribution in [0.25, 0.3) is 0 Å². The summed E-state index contributed by atoms with van der Waals surface area (Å²) in [6.07, 6.45) is 0. The Balaban J connectivity index is 2.71. The van der Waals surface area contributed by atoms with Gasteiger partial charge in [-0.2, -0.15) is 0 Å². The van der Waals surface area contributed by atoms with E-state index in [1.165, 1.54) is 16.7 Å². The van der Waals surface area contributed by atoms with Gasteiger partial charge in [0, 0.05) is 11.1 Å². The third-order valence-electron chi connectivity index (χ3n) is 4.17. The number of nitrogens with zero attached hydrogens (tertiary/aromatic N) is 1. The molecule has 0 unspecified atom stereocenters. The van der Waals surface area contributed by atoms with E-state index in [0.29, 0.717) is 0 Å². The van der Waals surface area contributed by atoms with E-state index in [9.17, 15) is 0 Å². The van der Waals surface area contributed by atoms with E-state index in [2.05, 4.69) is 64.8 Å². The second kappa shape index (κ2) is 2.85. The van der Waals surface area contributed by atoms with Crippen molar-refractivity contribution in [3.63, 3.8) is 0 Å². The number of fused-ring (bicyclic) bond motifs is 1. The molecular formula is C14H21N. The fourth-order valence-electron chi connectivity index (χ4n) is 2.76. The van der Waals surface area contributed by atoms with Crippen molar-refractivity contribution in [3.8, 4) is 0 Å². The molecule has 0 fully saturated rings. The van der Waals surface area contributed by atoms with Gasteiger partial charge in [0.2, 0.25) is 0 Å². The normalized spacial score (nSPS) is 22.8. The van der Waals surface area contributed by atoms with Crippen molar-refractivity contribution in [1.29, 1.82) is 0 Å². The van der Waals surface area contributed by atoms with Gasteiger partial charge in [-0.05, 0) is 52.8 Å². The van der Waals surface area contributed by atoms with Gasteiger partial charge in [0.1, 0.15) is 0 Å². The van der Waals surface area contributed by atoms with Crippen molar-refractivity contribution in [2.75, 3.05) is 7.05 Å². The molecule has 0 amide bonds. The highest BCUT2D eigenvalue weighted by Gasteiger charge is 2.46. The molecule has 0 radical (unpaired) electrons. The van der Waals surface area contributed by atoms with E-state index in [4.69, 9.17) is 0 Å². The van der Waals surface area contributed by atoms with E-state index >= 15 is 0 Å². The standard InChI is InChI=1S/C14H21N/c1-10-7-8-11-12(9-10)14(4,5)15(6)13(11,2)3/h7-9H,1-6H3.